The van der Waals surface area contributed by atoms with Crippen molar-refractivity contribution < 1.29 is 14.7 Å². The van der Waals surface area contributed by atoms with Crippen LogP contribution in [0.3, 0.4) is 0 Å². The number of nitrogens with zero attached hydrogens (tertiary/aromatic N) is 1. The van der Waals surface area contributed by atoms with E-state index < -0.39 is 0 Å². The van der Waals surface area contributed by atoms with Crippen molar-refractivity contribution in [3.8, 4) is 0 Å². The Morgan fingerprint density at radius 1 is 1.28 bits per heavy atom. The third kappa shape index (κ3) is 4.86. The number of amides is 1. The number of likely N-dealkylation sites (tertiary alicyclic amines) is 1. The first-order valence-corrected chi connectivity index (χ1v) is 12.1. The van der Waals surface area contributed by atoms with Gasteiger partial charge in [-0.2, -0.15) is 11.8 Å². The van der Waals surface area contributed by atoms with Gasteiger partial charge in [0.05, 0.1) is 18.2 Å². The molecule has 2 N–H and O–H groups in total. The van der Waals surface area contributed by atoms with Gasteiger partial charge in [-0.25, -0.2) is 0 Å². The summed E-state index contributed by atoms with van der Waals surface area (Å²) < 4.78 is 0. The van der Waals surface area contributed by atoms with Gasteiger partial charge in [-0.3, -0.25) is 14.5 Å². The van der Waals surface area contributed by atoms with Crippen molar-refractivity contribution in [2.75, 3.05) is 30.7 Å². The minimum Gasteiger partial charge on any atom is -0.392 e. The van der Waals surface area contributed by atoms with Gasteiger partial charge in [-0.05, 0) is 61.4 Å². The zero-order valence-corrected chi connectivity index (χ0v) is 18.3. The molecule has 3 heterocycles. The van der Waals surface area contributed by atoms with Crippen LogP contribution in [0.1, 0.15) is 39.2 Å². The highest BCUT2D eigenvalue weighted by molar-refractivity contribution is 7.98. The van der Waals surface area contributed by atoms with Crippen LogP contribution in [0.15, 0.2) is 24.3 Å². The summed E-state index contributed by atoms with van der Waals surface area (Å²) in [5.74, 6) is 1.63. The first-order valence-electron chi connectivity index (χ1n) is 9.74. The molecule has 2 aliphatic heterocycles. The molecule has 0 bridgehead atoms. The number of carbonyl (C=O) groups is 2. The Balaban J connectivity index is 1.57. The minimum absolute atomic E-state index is 0.0743. The van der Waals surface area contributed by atoms with E-state index in [1.54, 1.807) is 24.3 Å². The molecule has 2 aliphatic rings. The topological polar surface area (TPSA) is 69.6 Å². The summed E-state index contributed by atoms with van der Waals surface area (Å²) in [5, 5.41) is 14.0. The van der Waals surface area contributed by atoms with E-state index >= 15 is 0 Å². The molecule has 1 unspecified atom stereocenters. The summed E-state index contributed by atoms with van der Waals surface area (Å²) in [7, 11) is 0. The van der Waals surface area contributed by atoms with Crippen LogP contribution in [0, 0.1) is 0 Å². The van der Waals surface area contributed by atoms with Gasteiger partial charge in [0.1, 0.15) is 5.00 Å². The molecule has 1 aromatic heterocycles. The number of rotatable bonds is 5. The maximum atomic E-state index is 13.3. The van der Waals surface area contributed by atoms with Gasteiger partial charge >= 0.3 is 0 Å². The van der Waals surface area contributed by atoms with Crippen LogP contribution in [-0.2, 0) is 17.0 Å². The largest absolute Gasteiger partial charge is 0.392 e. The molecular weight excluding hydrogens is 428 g/mol. The average Bonchev–Trinajstić information content (AvgIpc) is 3.05. The van der Waals surface area contributed by atoms with E-state index in [0.29, 0.717) is 27.7 Å². The zero-order valence-electron chi connectivity index (χ0n) is 15.9. The van der Waals surface area contributed by atoms with Gasteiger partial charge in [0.15, 0.2) is 5.78 Å². The molecular formula is C21H23ClN2O3S2. The monoisotopic (exact) mass is 450 g/mol. The number of anilines is 1. The number of carbonyl (C=O) groups excluding carboxylic acids is 2. The van der Waals surface area contributed by atoms with Crippen LogP contribution in [0.5, 0.6) is 0 Å². The van der Waals surface area contributed by atoms with Crippen molar-refractivity contribution in [3.05, 3.63) is 50.9 Å². The molecule has 0 radical (unpaired) electrons. The number of hydrogen-bond acceptors (Lipinski definition) is 6. The number of aliphatic hydroxyl groups excluding tert-OH is 1. The fraction of sp³-hybridized carbons (Fsp3) is 0.429. The second-order valence-electron chi connectivity index (χ2n) is 7.43. The quantitative estimate of drug-likeness (QED) is 0.678. The van der Waals surface area contributed by atoms with Gasteiger partial charge in [-0.1, -0.05) is 11.6 Å². The van der Waals surface area contributed by atoms with E-state index in [-0.39, 0.29) is 24.3 Å². The van der Waals surface area contributed by atoms with E-state index in [1.165, 1.54) is 16.2 Å². The van der Waals surface area contributed by atoms with Crippen LogP contribution in [0.2, 0.25) is 5.02 Å². The molecule has 2 aromatic rings. The lowest BCUT2D eigenvalue weighted by molar-refractivity contribution is -0.117. The van der Waals surface area contributed by atoms with Crippen molar-refractivity contribution in [1.29, 1.82) is 0 Å². The Bertz CT molecular complexity index is 913. The second-order valence-corrected chi connectivity index (χ2v) is 10.1. The smallest absolute Gasteiger partial charge is 0.239 e. The van der Waals surface area contributed by atoms with Crippen molar-refractivity contribution in [1.82, 2.24) is 4.90 Å². The molecule has 154 valence electrons. The summed E-state index contributed by atoms with van der Waals surface area (Å²) in [6.07, 6.45) is 2.14. The number of halogens is 1. The number of aliphatic hydroxyl groups is 1. The fourth-order valence-electron chi connectivity index (χ4n) is 3.85. The SMILES string of the molecule is O=C(CN1CCCC(O)C1)Nc1sc2c(c1C(=O)c1ccc(Cl)cc1)CCSC2. The Hall–Kier alpha value is -1.38. The maximum absolute atomic E-state index is 13.3. The van der Waals surface area contributed by atoms with Gasteiger partial charge in [0.25, 0.3) is 0 Å². The summed E-state index contributed by atoms with van der Waals surface area (Å²) in [5.41, 5.74) is 2.26. The number of piperidine rings is 1. The highest BCUT2D eigenvalue weighted by atomic mass is 35.5. The van der Waals surface area contributed by atoms with E-state index in [1.807, 2.05) is 16.7 Å². The third-order valence-corrected chi connectivity index (χ3v) is 7.82. The molecule has 1 atom stereocenters. The molecule has 1 aromatic carbocycles. The summed E-state index contributed by atoms with van der Waals surface area (Å²) >= 11 is 9.33. The number of nitrogens with one attached hydrogen (secondary N) is 1. The number of thiophene rings is 1. The first kappa shape index (κ1) is 20.9. The van der Waals surface area contributed by atoms with Crippen LogP contribution >= 0.6 is 34.7 Å². The van der Waals surface area contributed by atoms with Crippen molar-refractivity contribution in [2.45, 2.75) is 31.1 Å². The molecule has 0 aliphatic carbocycles. The van der Waals surface area contributed by atoms with Crippen LogP contribution in [-0.4, -0.2) is 53.2 Å². The van der Waals surface area contributed by atoms with E-state index in [9.17, 15) is 14.7 Å². The number of thioether (sulfide) groups is 1. The first-order chi connectivity index (χ1) is 14.0. The van der Waals surface area contributed by atoms with Gasteiger partial charge in [-0.15, -0.1) is 11.3 Å². The molecule has 0 saturated carbocycles. The zero-order chi connectivity index (χ0) is 20.4. The molecule has 1 saturated heterocycles. The van der Waals surface area contributed by atoms with Crippen molar-refractivity contribution >= 4 is 51.4 Å². The Morgan fingerprint density at radius 2 is 2.07 bits per heavy atom. The van der Waals surface area contributed by atoms with E-state index in [0.717, 1.165) is 42.9 Å². The second kappa shape index (κ2) is 9.18. The van der Waals surface area contributed by atoms with Crippen LogP contribution in [0.4, 0.5) is 5.00 Å². The summed E-state index contributed by atoms with van der Waals surface area (Å²) in [4.78, 5) is 29.1. The normalized spacial score (nSPS) is 19.6. The number of hydrogen-bond donors (Lipinski definition) is 2. The van der Waals surface area contributed by atoms with Gasteiger partial charge < -0.3 is 10.4 Å². The Kier molecular flexibility index (Phi) is 6.61. The molecule has 5 nitrogen and oxygen atoms in total. The summed E-state index contributed by atoms with van der Waals surface area (Å²) in [6.45, 7) is 1.54. The van der Waals surface area contributed by atoms with Crippen molar-refractivity contribution in [3.63, 3.8) is 0 Å². The maximum Gasteiger partial charge on any atom is 0.239 e. The number of benzene rings is 1. The predicted octanol–water partition coefficient (Wildman–Crippen LogP) is 3.82. The number of ketones is 1. The third-order valence-electron chi connectivity index (χ3n) is 5.25. The van der Waals surface area contributed by atoms with Crippen molar-refractivity contribution in [2.24, 2.45) is 0 Å². The lowest BCUT2D eigenvalue weighted by Gasteiger charge is -2.29. The highest BCUT2D eigenvalue weighted by Gasteiger charge is 2.28. The van der Waals surface area contributed by atoms with E-state index in [4.69, 9.17) is 11.6 Å². The van der Waals surface area contributed by atoms with Crippen LogP contribution in [0.25, 0.3) is 0 Å². The molecule has 4 rings (SSSR count). The van der Waals surface area contributed by atoms with Crippen LogP contribution < -0.4 is 5.32 Å². The number of β-amino-alcohol motifs (C(OH)–C–C–N with tert-alkyl or cyclic N) is 1. The lowest BCUT2D eigenvalue weighted by atomic mass is 9.98. The van der Waals surface area contributed by atoms with E-state index in [2.05, 4.69) is 5.32 Å². The Labute approximate surface area is 183 Å². The molecule has 8 heteroatoms. The summed E-state index contributed by atoms with van der Waals surface area (Å²) in [6, 6.07) is 6.88. The molecule has 0 spiro atoms. The van der Waals surface area contributed by atoms with Gasteiger partial charge in [0, 0.05) is 27.8 Å². The minimum atomic E-state index is -0.371. The standard InChI is InChI=1S/C21H23ClN2O3S2/c22-14-5-3-13(4-6-14)20(27)19-16-7-9-28-12-17(16)29-21(19)23-18(26)11-24-8-1-2-15(25)10-24/h3-6,15,25H,1-2,7-12H2,(H,23,26). The number of fused-ring (bicyclic) bond motifs is 1. The fourth-order valence-corrected chi connectivity index (χ4v) is 6.37. The molecule has 1 amide bonds. The lowest BCUT2D eigenvalue weighted by Crippen LogP contribution is -2.42. The molecule has 29 heavy (non-hydrogen) atoms. The average molecular weight is 451 g/mol. The Morgan fingerprint density at radius 3 is 2.83 bits per heavy atom. The molecule has 1 fully saturated rings. The van der Waals surface area contributed by atoms with Gasteiger partial charge in [0.2, 0.25) is 5.91 Å². The highest BCUT2D eigenvalue weighted by Crippen LogP contribution is 2.40. The predicted molar refractivity (Wildman–Crippen MR) is 119 cm³/mol.